The zero-order valence-electron chi connectivity index (χ0n) is 11.1. The molecule has 1 N–H and O–H groups in total. The smallest absolute Gasteiger partial charge is 0.0976 e. The first-order valence-corrected chi connectivity index (χ1v) is 7.27. The minimum Gasteiger partial charge on any atom is -0.378 e. The van der Waals surface area contributed by atoms with Gasteiger partial charge in [-0.2, -0.15) is 0 Å². The molecule has 0 saturated heterocycles. The van der Waals surface area contributed by atoms with Crippen LogP contribution in [0.1, 0.15) is 21.1 Å². The van der Waals surface area contributed by atoms with Crippen molar-refractivity contribution in [2.45, 2.75) is 19.6 Å². The van der Waals surface area contributed by atoms with Crippen LogP contribution in [-0.4, -0.2) is 19.1 Å². The molecule has 1 aromatic carbocycles. The summed E-state index contributed by atoms with van der Waals surface area (Å²) in [5.41, 5.74) is 2.25. The van der Waals surface area contributed by atoms with Crippen LogP contribution in [0.15, 0.2) is 24.3 Å². The molecular weight excluding hydrogens is 280 g/mol. The van der Waals surface area contributed by atoms with Crippen LogP contribution in [0.4, 0.5) is 0 Å². The Hall–Kier alpha value is -0.940. The topological polar surface area (TPSA) is 34.2 Å². The summed E-state index contributed by atoms with van der Waals surface area (Å²) in [6.45, 7) is 1.39. The summed E-state index contributed by atoms with van der Waals surface area (Å²) < 4.78 is 5.19. The highest BCUT2D eigenvalue weighted by Crippen LogP contribution is 2.22. The molecule has 1 aromatic heterocycles. The van der Waals surface area contributed by atoms with E-state index in [4.69, 9.17) is 16.3 Å². The van der Waals surface area contributed by atoms with Crippen molar-refractivity contribution in [3.63, 3.8) is 0 Å². The molecule has 5 heteroatoms. The quantitative estimate of drug-likeness (QED) is 0.888. The number of aromatic nitrogens is 1. The molecule has 19 heavy (non-hydrogen) atoms. The molecule has 0 aliphatic rings. The standard InChI is InChI=1S/C14H17ClN2OS/c1-16-8-13-12(9-18-2)17-14(19-13)7-10-3-5-11(15)6-4-10/h3-6,16H,7-9H2,1-2H3. The number of nitrogens with one attached hydrogen (secondary N) is 1. The first-order chi connectivity index (χ1) is 9.22. The molecule has 0 amide bonds. The predicted molar refractivity (Wildman–Crippen MR) is 79.8 cm³/mol. The largest absolute Gasteiger partial charge is 0.378 e. The van der Waals surface area contributed by atoms with Crippen LogP contribution in [0.2, 0.25) is 5.02 Å². The SMILES string of the molecule is CNCc1sc(Cc2ccc(Cl)cc2)nc1COC. The Kier molecular flexibility index (Phi) is 5.34. The average molecular weight is 297 g/mol. The lowest BCUT2D eigenvalue weighted by Crippen LogP contribution is -2.06. The van der Waals surface area contributed by atoms with Crippen LogP contribution in [0.25, 0.3) is 0 Å². The molecule has 0 atom stereocenters. The number of hydrogen-bond donors (Lipinski definition) is 1. The van der Waals surface area contributed by atoms with E-state index in [0.29, 0.717) is 6.61 Å². The number of ether oxygens (including phenoxy) is 1. The van der Waals surface area contributed by atoms with Crippen molar-refractivity contribution in [1.82, 2.24) is 10.3 Å². The second-order valence-corrected chi connectivity index (χ2v) is 5.85. The van der Waals surface area contributed by atoms with Gasteiger partial charge >= 0.3 is 0 Å². The second-order valence-electron chi connectivity index (χ2n) is 4.24. The molecule has 2 rings (SSSR count). The van der Waals surface area contributed by atoms with Gasteiger partial charge in [0.05, 0.1) is 17.3 Å². The number of nitrogens with zero attached hydrogens (tertiary/aromatic N) is 1. The van der Waals surface area contributed by atoms with Crippen molar-refractivity contribution >= 4 is 22.9 Å². The van der Waals surface area contributed by atoms with Crippen LogP contribution in [0, 0.1) is 0 Å². The highest BCUT2D eigenvalue weighted by Gasteiger charge is 2.10. The summed E-state index contributed by atoms with van der Waals surface area (Å²) in [5, 5.41) is 5.04. The molecule has 0 spiro atoms. The summed E-state index contributed by atoms with van der Waals surface area (Å²) in [5.74, 6) is 0. The van der Waals surface area contributed by atoms with Crippen molar-refractivity contribution in [2.24, 2.45) is 0 Å². The summed E-state index contributed by atoms with van der Waals surface area (Å²) in [4.78, 5) is 5.90. The van der Waals surface area contributed by atoms with Crippen LogP contribution in [0.5, 0.6) is 0 Å². The Bertz CT molecular complexity index is 501. The monoisotopic (exact) mass is 296 g/mol. The van der Waals surface area contributed by atoms with Crippen LogP contribution < -0.4 is 5.32 Å². The summed E-state index contributed by atoms with van der Waals surface area (Å²) in [7, 11) is 3.64. The Morgan fingerprint density at radius 3 is 2.68 bits per heavy atom. The van der Waals surface area contributed by atoms with Crippen molar-refractivity contribution in [2.75, 3.05) is 14.2 Å². The molecule has 0 fully saturated rings. The molecule has 102 valence electrons. The third kappa shape index (κ3) is 4.01. The molecule has 0 saturated carbocycles. The van der Waals surface area contributed by atoms with E-state index in [0.717, 1.165) is 28.7 Å². The van der Waals surface area contributed by atoms with Gasteiger partial charge in [0, 0.05) is 30.0 Å². The third-order valence-electron chi connectivity index (χ3n) is 2.71. The second kappa shape index (κ2) is 7.01. The maximum atomic E-state index is 5.89. The van der Waals surface area contributed by atoms with E-state index in [2.05, 4.69) is 10.3 Å². The van der Waals surface area contributed by atoms with Gasteiger partial charge in [-0.25, -0.2) is 4.98 Å². The lowest BCUT2D eigenvalue weighted by molar-refractivity contribution is 0.181. The van der Waals surface area contributed by atoms with Crippen LogP contribution in [-0.2, 0) is 24.3 Å². The van der Waals surface area contributed by atoms with E-state index in [9.17, 15) is 0 Å². The van der Waals surface area contributed by atoms with E-state index in [1.165, 1.54) is 10.4 Å². The summed E-state index contributed by atoms with van der Waals surface area (Å²) in [6, 6.07) is 7.90. The van der Waals surface area contributed by atoms with Gasteiger partial charge in [0.15, 0.2) is 0 Å². The van der Waals surface area contributed by atoms with Gasteiger partial charge in [-0.15, -0.1) is 11.3 Å². The van der Waals surface area contributed by atoms with Gasteiger partial charge in [-0.1, -0.05) is 23.7 Å². The highest BCUT2D eigenvalue weighted by molar-refractivity contribution is 7.11. The minimum atomic E-state index is 0.564. The van der Waals surface area contributed by atoms with Gasteiger partial charge in [0.25, 0.3) is 0 Å². The number of hydrogen-bond acceptors (Lipinski definition) is 4. The third-order valence-corrected chi connectivity index (χ3v) is 4.06. The summed E-state index contributed by atoms with van der Waals surface area (Å²) in [6.07, 6.45) is 0.836. The van der Waals surface area contributed by atoms with Crippen molar-refractivity contribution in [1.29, 1.82) is 0 Å². The predicted octanol–water partition coefficient (Wildman–Crippen LogP) is 3.25. The number of methoxy groups -OCH3 is 1. The Morgan fingerprint density at radius 1 is 1.32 bits per heavy atom. The Labute approximate surface area is 122 Å². The molecule has 3 nitrogen and oxygen atoms in total. The van der Waals surface area contributed by atoms with Gasteiger partial charge < -0.3 is 10.1 Å². The molecule has 1 heterocycles. The van der Waals surface area contributed by atoms with Crippen LogP contribution in [0.3, 0.4) is 0 Å². The van der Waals surface area contributed by atoms with E-state index < -0.39 is 0 Å². The van der Waals surface area contributed by atoms with Gasteiger partial charge in [-0.05, 0) is 24.7 Å². The number of benzene rings is 1. The molecule has 0 aliphatic heterocycles. The van der Waals surface area contributed by atoms with E-state index >= 15 is 0 Å². The maximum absolute atomic E-state index is 5.89. The first kappa shape index (κ1) is 14.5. The molecule has 0 aliphatic carbocycles. The van der Waals surface area contributed by atoms with Gasteiger partial charge in [0.1, 0.15) is 0 Å². The fraction of sp³-hybridized carbons (Fsp3) is 0.357. The minimum absolute atomic E-state index is 0.564. The zero-order chi connectivity index (χ0) is 13.7. The van der Waals surface area contributed by atoms with E-state index in [-0.39, 0.29) is 0 Å². The van der Waals surface area contributed by atoms with Gasteiger partial charge in [0.2, 0.25) is 0 Å². The van der Waals surface area contributed by atoms with Gasteiger partial charge in [-0.3, -0.25) is 0 Å². The lowest BCUT2D eigenvalue weighted by atomic mass is 10.2. The Balaban J connectivity index is 2.15. The normalized spacial score (nSPS) is 10.9. The van der Waals surface area contributed by atoms with Crippen molar-refractivity contribution < 1.29 is 4.74 Å². The fourth-order valence-electron chi connectivity index (χ4n) is 1.84. The van der Waals surface area contributed by atoms with E-state index in [1.807, 2.05) is 31.3 Å². The number of halogens is 1. The van der Waals surface area contributed by atoms with Crippen molar-refractivity contribution in [3.05, 3.63) is 50.4 Å². The summed E-state index contributed by atoms with van der Waals surface area (Å²) >= 11 is 7.63. The fourth-order valence-corrected chi connectivity index (χ4v) is 3.08. The zero-order valence-corrected chi connectivity index (χ0v) is 12.6. The average Bonchev–Trinajstić information content (AvgIpc) is 2.75. The maximum Gasteiger partial charge on any atom is 0.0976 e. The van der Waals surface area contributed by atoms with Crippen LogP contribution >= 0.6 is 22.9 Å². The highest BCUT2D eigenvalue weighted by atomic mass is 35.5. The molecule has 0 unspecified atom stereocenters. The number of rotatable bonds is 6. The molecule has 2 aromatic rings. The van der Waals surface area contributed by atoms with E-state index in [1.54, 1.807) is 18.4 Å². The molecule has 0 bridgehead atoms. The number of thiazole rings is 1. The molecular formula is C14H17ClN2OS. The first-order valence-electron chi connectivity index (χ1n) is 6.08. The molecule has 0 radical (unpaired) electrons. The lowest BCUT2D eigenvalue weighted by Gasteiger charge is -1.98. The Morgan fingerprint density at radius 2 is 2.05 bits per heavy atom. The van der Waals surface area contributed by atoms with Crippen molar-refractivity contribution in [3.8, 4) is 0 Å².